The fourth-order valence-electron chi connectivity index (χ4n) is 4.27. The van der Waals surface area contributed by atoms with E-state index in [4.69, 9.17) is 0 Å². The van der Waals surface area contributed by atoms with E-state index < -0.39 is 6.43 Å². The molecule has 1 aromatic heterocycles. The Balaban J connectivity index is 1.39. The van der Waals surface area contributed by atoms with Gasteiger partial charge >= 0.3 is 0 Å². The summed E-state index contributed by atoms with van der Waals surface area (Å²) in [6, 6.07) is 2.69. The van der Waals surface area contributed by atoms with E-state index in [1.54, 1.807) is 0 Å². The number of fused-ring (bicyclic) bond motifs is 2. The van der Waals surface area contributed by atoms with Gasteiger partial charge in [0.15, 0.2) is 0 Å². The first-order chi connectivity index (χ1) is 11.5. The lowest BCUT2D eigenvalue weighted by Crippen LogP contribution is -2.49. The van der Waals surface area contributed by atoms with Crippen molar-refractivity contribution in [1.29, 1.82) is 0 Å². The molecule has 1 aromatic rings. The molecule has 2 saturated heterocycles. The third-order valence-corrected chi connectivity index (χ3v) is 5.81. The zero-order chi connectivity index (χ0) is 16.8. The fourth-order valence-corrected chi connectivity index (χ4v) is 4.27. The average molecular weight is 338 g/mol. The topological polar surface area (TPSA) is 50.2 Å². The van der Waals surface area contributed by atoms with Crippen molar-refractivity contribution in [2.45, 2.75) is 75.5 Å². The molecule has 7 heteroatoms. The molecule has 3 fully saturated rings. The number of nitrogens with one attached hydrogen (secondary N) is 1. The Hall–Kier alpha value is -1.50. The van der Waals surface area contributed by atoms with E-state index >= 15 is 0 Å². The third-order valence-electron chi connectivity index (χ3n) is 5.81. The molecule has 2 atom stereocenters. The number of nitrogens with zero attached hydrogens (tertiary/aromatic N) is 3. The van der Waals surface area contributed by atoms with E-state index in [0.29, 0.717) is 23.7 Å². The minimum Gasteiger partial charge on any atom is -0.352 e. The molecule has 3 heterocycles. The molecule has 24 heavy (non-hydrogen) atoms. The summed E-state index contributed by atoms with van der Waals surface area (Å²) in [5.74, 6) is 0.0904. The van der Waals surface area contributed by atoms with Gasteiger partial charge in [-0.05, 0) is 51.6 Å². The van der Waals surface area contributed by atoms with Gasteiger partial charge in [0.05, 0.1) is 5.69 Å². The van der Waals surface area contributed by atoms with Crippen LogP contribution >= 0.6 is 0 Å². The molecule has 1 saturated carbocycles. The standard InChI is InChI=1S/C17H24F2N4O/c1-22-12-4-5-13(22)7-11(6-12)20-16(24)9-23-15(17(18)19)8-14(21-23)10-2-3-10/h8,10-13,17H,2-7,9H2,1H3,(H,20,24). The Kier molecular flexibility index (Phi) is 4.06. The van der Waals surface area contributed by atoms with Gasteiger partial charge in [-0.15, -0.1) is 0 Å². The summed E-state index contributed by atoms with van der Waals surface area (Å²) in [6.45, 7) is -0.117. The van der Waals surface area contributed by atoms with Gasteiger partial charge in [0, 0.05) is 24.0 Å². The number of aromatic nitrogens is 2. The molecule has 0 aromatic carbocycles. The summed E-state index contributed by atoms with van der Waals surface area (Å²) in [7, 11) is 2.15. The summed E-state index contributed by atoms with van der Waals surface area (Å²) >= 11 is 0. The number of alkyl halides is 2. The van der Waals surface area contributed by atoms with E-state index in [1.807, 2.05) is 0 Å². The maximum absolute atomic E-state index is 13.2. The number of hydrogen-bond donors (Lipinski definition) is 1. The fraction of sp³-hybridized carbons (Fsp3) is 0.765. The normalized spacial score (nSPS) is 30.1. The van der Waals surface area contributed by atoms with Crippen LogP contribution < -0.4 is 5.32 Å². The van der Waals surface area contributed by atoms with Crippen molar-refractivity contribution in [1.82, 2.24) is 20.0 Å². The molecule has 1 N–H and O–H groups in total. The highest BCUT2D eigenvalue weighted by Gasteiger charge is 2.39. The molecule has 2 unspecified atom stereocenters. The number of hydrogen-bond acceptors (Lipinski definition) is 3. The predicted octanol–water partition coefficient (Wildman–Crippen LogP) is 2.44. The Morgan fingerprint density at radius 1 is 1.29 bits per heavy atom. The van der Waals surface area contributed by atoms with Crippen molar-refractivity contribution >= 4 is 5.91 Å². The Labute approximate surface area is 140 Å². The van der Waals surface area contributed by atoms with E-state index in [1.165, 1.54) is 23.6 Å². The Bertz CT molecular complexity index is 614. The van der Waals surface area contributed by atoms with Gasteiger partial charge in [0.1, 0.15) is 12.2 Å². The van der Waals surface area contributed by atoms with Crippen LogP contribution in [-0.2, 0) is 11.3 Å². The van der Waals surface area contributed by atoms with Crippen LogP contribution in [0.4, 0.5) is 8.78 Å². The molecule has 2 bridgehead atoms. The van der Waals surface area contributed by atoms with Crippen molar-refractivity contribution in [2.75, 3.05) is 7.05 Å². The zero-order valence-corrected chi connectivity index (χ0v) is 13.9. The van der Waals surface area contributed by atoms with Crippen LogP contribution in [0.5, 0.6) is 0 Å². The van der Waals surface area contributed by atoms with Gasteiger partial charge in [0.25, 0.3) is 6.43 Å². The van der Waals surface area contributed by atoms with E-state index in [9.17, 15) is 13.6 Å². The molecule has 0 spiro atoms. The van der Waals surface area contributed by atoms with Crippen LogP contribution in [0.2, 0.25) is 0 Å². The van der Waals surface area contributed by atoms with Gasteiger partial charge < -0.3 is 10.2 Å². The van der Waals surface area contributed by atoms with E-state index in [2.05, 4.69) is 22.4 Å². The molecule has 5 nitrogen and oxygen atoms in total. The highest BCUT2D eigenvalue weighted by atomic mass is 19.3. The molecule has 1 aliphatic carbocycles. The van der Waals surface area contributed by atoms with Crippen LogP contribution in [0.25, 0.3) is 0 Å². The average Bonchev–Trinajstić information content (AvgIpc) is 3.25. The minimum atomic E-state index is -2.60. The number of piperidine rings is 1. The molecule has 3 aliphatic rings. The van der Waals surface area contributed by atoms with Gasteiger partial charge in [-0.3, -0.25) is 9.48 Å². The van der Waals surface area contributed by atoms with Crippen LogP contribution in [-0.4, -0.2) is 45.8 Å². The number of halogens is 2. The van der Waals surface area contributed by atoms with Crippen molar-refractivity contribution in [2.24, 2.45) is 0 Å². The third kappa shape index (κ3) is 3.06. The lowest BCUT2D eigenvalue weighted by molar-refractivity contribution is -0.123. The first-order valence-electron chi connectivity index (χ1n) is 8.88. The lowest BCUT2D eigenvalue weighted by Gasteiger charge is -2.36. The monoisotopic (exact) mass is 338 g/mol. The smallest absolute Gasteiger partial charge is 0.280 e. The zero-order valence-electron chi connectivity index (χ0n) is 13.9. The van der Waals surface area contributed by atoms with Gasteiger partial charge in [0.2, 0.25) is 5.91 Å². The van der Waals surface area contributed by atoms with Crippen LogP contribution in [0.1, 0.15) is 62.3 Å². The van der Waals surface area contributed by atoms with Gasteiger partial charge in [-0.25, -0.2) is 8.78 Å². The maximum Gasteiger partial charge on any atom is 0.280 e. The van der Waals surface area contributed by atoms with E-state index in [0.717, 1.165) is 25.7 Å². The van der Waals surface area contributed by atoms with Crippen molar-refractivity contribution < 1.29 is 13.6 Å². The molecular weight excluding hydrogens is 314 g/mol. The molecule has 0 radical (unpaired) electrons. The number of carbonyl (C=O) groups is 1. The highest BCUT2D eigenvalue weighted by molar-refractivity contribution is 5.76. The first kappa shape index (κ1) is 16.0. The molecule has 4 rings (SSSR count). The summed E-state index contributed by atoms with van der Waals surface area (Å²) in [5.41, 5.74) is 0.561. The van der Waals surface area contributed by atoms with Gasteiger partial charge in [-0.1, -0.05) is 0 Å². The summed E-state index contributed by atoms with van der Waals surface area (Å²) < 4.78 is 27.6. The summed E-state index contributed by atoms with van der Waals surface area (Å²) in [5, 5.41) is 7.29. The lowest BCUT2D eigenvalue weighted by atomic mass is 9.98. The summed E-state index contributed by atoms with van der Waals surface area (Å²) in [6.07, 6.45) is 3.69. The Morgan fingerprint density at radius 2 is 1.96 bits per heavy atom. The predicted molar refractivity (Wildman–Crippen MR) is 84.9 cm³/mol. The SMILES string of the molecule is CN1C2CCC1CC(NC(=O)Cn1nc(C3CC3)cc1C(F)F)C2. The van der Waals surface area contributed by atoms with E-state index in [-0.39, 0.29) is 24.2 Å². The number of amides is 1. The first-order valence-corrected chi connectivity index (χ1v) is 8.88. The van der Waals surface area contributed by atoms with Gasteiger partial charge in [-0.2, -0.15) is 5.10 Å². The second kappa shape index (κ2) is 6.10. The molecule has 1 amide bonds. The number of rotatable bonds is 5. The molecular formula is C17H24F2N4O. The second-order valence-corrected chi connectivity index (χ2v) is 7.51. The Morgan fingerprint density at radius 3 is 2.54 bits per heavy atom. The maximum atomic E-state index is 13.2. The van der Waals surface area contributed by atoms with Crippen LogP contribution in [0.3, 0.4) is 0 Å². The van der Waals surface area contributed by atoms with Crippen molar-refractivity contribution in [3.8, 4) is 0 Å². The minimum absolute atomic E-state index is 0.117. The molecule has 132 valence electrons. The highest BCUT2D eigenvalue weighted by Crippen LogP contribution is 2.40. The molecule has 2 aliphatic heterocycles. The largest absolute Gasteiger partial charge is 0.352 e. The van der Waals surface area contributed by atoms with Crippen LogP contribution in [0, 0.1) is 0 Å². The second-order valence-electron chi connectivity index (χ2n) is 7.51. The number of carbonyl (C=O) groups excluding carboxylic acids is 1. The quantitative estimate of drug-likeness (QED) is 0.897. The van der Waals surface area contributed by atoms with Crippen molar-refractivity contribution in [3.63, 3.8) is 0 Å². The summed E-state index contributed by atoms with van der Waals surface area (Å²) in [4.78, 5) is 14.7. The van der Waals surface area contributed by atoms with Crippen LogP contribution in [0.15, 0.2) is 6.07 Å². The van der Waals surface area contributed by atoms with Crippen molar-refractivity contribution in [3.05, 3.63) is 17.5 Å².